The van der Waals surface area contributed by atoms with Gasteiger partial charge in [-0.25, -0.2) is 0 Å². The van der Waals surface area contributed by atoms with Crippen molar-refractivity contribution >= 4 is 23.1 Å². The van der Waals surface area contributed by atoms with E-state index in [4.69, 9.17) is 18.0 Å². The number of hydrogen-bond donors (Lipinski definition) is 1. The van der Waals surface area contributed by atoms with E-state index in [2.05, 4.69) is 20.8 Å². The number of hydrogen-bond acceptors (Lipinski definition) is 2. The smallest absolute Gasteiger partial charge is 0.222 e. The summed E-state index contributed by atoms with van der Waals surface area (Å²) in [5.41, 5.74) is 6.08. The molecule has 1 saturated carbocycles. The number of amides is 1. The Hall–Kier alpha value is -0.640. The second kappa shape index (κ2) is 4.48. The molecule has 1 heterocycles. The standard InChI is InChI=1S/C14H24N2OS/c1-13(2,3)10-6-12(17)16(8-10)9-14(4-5-14)7-11(15)18/h10H,4-9H2,1-3H3,(H2,15,18). The molecular formula is C14H24N2OS. The molecule has 102 valence electrons. The van der Waals surface area contributed by atoms with E-state index in [9.17, 15) is 4.79 Å². The molecule has 0 radical (unpaired) electrons. The normalized spacial score (nSPS) is 26.5. The average Bonchev–Trinajstić information content (AvgIpc) is 2.82. The highest BCUT2D eigenvalue weighted by Crippen LogP contribution is 2.50. The molecule has 2 rings (SSSR count). The number of nitrogens with zero attached hydrogens (tertiary/aromatic N) is 1. The molecule has 3 nitrogen and oxygen atoms in total. The van der Waals surface area contributed by atoms with E-state index >= 15 is 0 Å². The molecule has 1 amide bonds. The summed E-state index contributed by atoms with van der Waals surface area (Å²) in [5.74, 6) is 0.787. The molecule has 1 aliphatic carbocycles. The largest absolute Gasteiger partial charge is 0.393 e. The topological polar surface area (TPSA) is 46.3 Å². The number of rotatable bonds is 4. The maximum Gasteiger partial charge on any atom is 0.222 e. The van der Waals surface area contributed by atoms with Crippen LogP contribution in [-0.4, -0.2) is 28.9 Å². The van der Waals surface area contributed by atoms with Gasteiger partial charge in [-0.2, -0.15) is 0 Å². The van der Waals surface area contributed by atoms with Crippen molar-refractivity contribution in [3.05, 3.63) is 0 Å². The van der Waals surface area contributed by atoms with Crippen molar-refractivity contribution in [3.8, 4) is 0 Å². The minimum Gasteiger partial charge on any atom is -0.393 e. The third kappa shape index (κ3) is 3.02. The average molecular weight is 268 g/mol. The summed E-state index contributed by atoms with van der Waals surface area (Å²) in [5, 5.41) is 0. The van der Waals surface area contributed by atoms with Crippen LogP contribution in [0, 0.1) is 16.7 Å². The van der Waals surface area contributed by atoms with Crippen molar-refractivity contribution < 1.29 is 4.79 Å². The molecule has 0 bridgehead atoms. The second-order valence-corrected chi connectivity index (χ2v) is 7.71. The van der Waals surface area contributed by atoms with Gasteiger partial charge in [-0.3, -0.25) is 4.79 Å². The van der Waals surface area contributed by atoms with E-state index < -0.39 is 0 Å². The summed E-state index contributed by atoms with van der Waals surface area (Å²) < 4.78 is 0. The molecule has 1 unspecified atom stereocenters. The fourth-order valence-corrected chi connectivity index (χ4v) is 3.15. The Bertz CT molecular complexity index is 368. The molecule has 0 aromatic rings. The number of carbonyl (C=O) groups excluding carboxylic acids is 1. The predicted molar refractivity (Wildman–Crippen MR) is 77.2 cm³/mol. The molecule has 1 aliphatic heterocycles. The first kappa shape index (κ1) is 13.8. The van der Waals surface area contributed by atoms with Crippen molar-refractivity contribution in [1.29, 1.82) is 0 Å². The quantitative estimate of drug-likeness (QED) is 0.796. The maximum atomic E-state index is 12.1. The Morgan fingerprint density at radius 1 is 1.50 bits per heavy atom. The van der Waals surface area contributed by atoms with Gasteiger partial charge in [-0.15, -0.1) is 0 Å². The van der Waals surface area contributed by atoms with Crippen molar-refractivity contribution in [2.75, 3.05) is 13.1 Å². The van der Waals surface area contributed by atoms with Crippen molar-refractivity contribution in [2.45, 2.75) is 46.5 Å². The monoisotopic (exact) mass is 268 g/mol. The lowest BCUT2D eigenvalue weighted by molar-refractivity contribution is -0.128. The Morgan fingerprint density at radius 2 is 2.11 bits per heavy atom. The van der Waals surface area contributed by atoms with Gasteiger partial charge in [0.05, 0.1) is 4.99 Å². The lowest BCUT2D eigenvalue weighted by Gasteiger charge is -2.28. The van der Waals surface area contributed by atoms with Gasteiger partial charge < -0.3 is 10.6 Å². The fourth-order valence-electron chi connectivity index (χ4n) is 2.85. The summed E-state index contributed by atoms with van der Waals surface area (Å²) in [4.78, 5) is 14.7. The van der Waals surface area contributed by atoms with Gasteiger partial charge in [0.2, 0.25) is 5.91 Å². The minimum atomic E-state index is 0.213. The van der Waals surface area contributed by atoms with Crippen LogP contribution in [0.1, 0.15) is 46.5 Å². The zero-order valence-electron chi connectivity index (χ0n) is 11.7. The first-order valence-electron chi connectivity index (χ1n) is 6.78. The maximum absolute atomic E-state index is 12.1. The van der Waals surface area contributed by atoms with Gasteiger partial charge >= 0.3 is 0 Å². The minimum absolute atomic E-state index is 0.213. The highest BCUT2D eigenvalue weighted by atomic mass is 32.1. The van der Waals surface area contributed by atoms with E-state index in [0.717, 1.165) is 32.4 Å². The van der Waals surface area contributed by atoms with Gasteiger partial charge in [0.25, 0.3) is 0 Å². The number of likely N-dealkylation sites (tertiary alicyclic amines) is 1. The van der Waals surface area contributed by atoms with Crippen LogP contribution in [0.25, 0.3) is 0 Å². The van der Waals surface area contributed by atoms with Crippen LogP contribution in [0.4, 0.5) is 0 Å². The first-order valence-corrected chi connectivity index (χ1v) is 7.19. The fraction of sp³-hybridized carbons (Fsp3) is 0.857. The Labute approximate surface area is 115 Å². The number of nitrogens with two attached hydrogens (primary N) is 1. The lowest BCUT2D eigenvalue weighted by atomic mass is 9.80. The molecule has 0 aromatic carbocycles. The summed E-state index contributed by atoms with van der Waals surface area (Å²) in [6.07, 6.45) is 3.82. The van der Waals surface area contributed by atoms with Crippen molar-refractivity contribution in [2.24, 2.45) is 22.5 Å². The SMILES string of the molecule is CC(C)(C)C1CC(=O)N(CC2(CC(N)=S)CC2)C1. The van der Waals surface area contributed by atoms with E-state index in [-0.39, 0.29) is 10.8 Å². The van der Waals surface area contributed by atoms with Crippen LogP contribution < -0.4 is 5.73 Å². The van der Waals surface area contributed by atoms with Crippen molar-refractivity contribution in [3.63, 3.8) is 0 Å². The molecule has 0 aromatic heterocycles. The Balaban J connectivity index is 1.95. The van der Waals surface area contributed by atoms with Crippen LogP contribution in [0.3, 0.4) is 0 Å². The molecular weight excluding hydrogens is 244 g/mol. The van der Waals surface area contributed by atoms with Gasteiger partial charge in [-0.05, 0) is 29.6 Å². The van der Waals surface area contributed by atoms with Gasteiger partial charge in [0.15, 0.2) is 0 Å². The Morgan fingerprint density at radius 3 is 2.50 bits per heavy atom. The molecule has 18 heavy (non-hydrogen) atoms. The first-order chi connectivity index (χ1) is 8.22. The lowest BCUT2D eigenvalue weighted by Crippen LogP contribution is -2.34. The van der Waals surface area contributed by atoms with Crippen molar-refractivity contribution in [1.82, 2.24) is 4.90 Å². The molecule has 1 saturated heterocycles. The van der Waals surface area contributed by atoms with Crippen LogP contribution >= 0.6 is 12.2 Å². The molecule has 4 heteroatoms. The molecule has 2 fully saturated rings. The van der Waals surface area contributed by atoms with Crippen LogP contribution in [0.2, 0.25) is 0 Å². The Kier molecular flexibility index (Phi) is 3.43. The third-order valence-corrected chi connectivity index (χ3v) is 4.62. The molecule has 2 aliphatic rings. The van der Waals surface area contributed by atoms with E-state index in [1.165, 1.54) is 0 Å². The summed E-state index contributed by atoms with van der Waals surface area (Å²) >= 11 is 5.01. The van der Waals surface area contributed by atoms with Gasteiger partial charge in [-0.1, -0.05) is 33.0 Å². The highest BCUT2D eigenvalue weighted by molar-refractivity contribution is 7.80. The highest BCUT2D eigenvalue weighted by Gasteiger charge is 2.47. The zero-order valence-corrected chi connectivity index (χ0v) is 12.5. The van der Waals surface area contributed by atoms with Crippen LogP contribution in [0.15, 0.2) is 0 Å². The summed E-state index contributed by atoms with van der Waals surface area (Å²) in [6.45, 7) is 8.42. The van der Waals surface area contributed by atoms with Gasteiger partial charge in [0, 0.05) is 25.9 Å². The van der Waals surface area contributed by atoms with Gasteiger partial charge in [0.1, 0.15) is 0 Å². The summed E-state index contributed by atoms with van der Waals surface area (Å²) in [7, 11) is 0. The number of thiocarbonyl (C=S) groups is 1. The molecule has 1 atom stereocenters. The van der Waals surface area contributed by atoms with E-state index in [1.807, 2.05) is 4.90 Å². The predicted octanol–water partition coefficient (Wildman–Crippen LogP) is 2.34. The number of carbonyl (C=O) groups is 1. The zero-order chi connectivity index (χ0) is 13.6. The van der Waals surface area contributed by atoms with E-state index in [0.29, 0.717) is 23.2 Å². The third-order valence-electron chi connectivity index (χ3n) is 4.47. The molecule has 2 N–H and O–H groups in total. The summed E-state index contributed by atoms with van der Waals surface area (Å²) in [6, 6.07) is 0. The second-order valence-electron chi connectivity index (χ2n) is 7.18. The van der Waals surface area contributed by atoms with E-state index in [1.54, 1.807) is 0 Å². The van der Waals surface area contributed by atoms with Crippen LogP contribution in [-0.2, 0) is 4.79 Å². The molecule has 0 spiro atoms. The van der Waals surface area contributed by atoms with Crippen LogP contribution in [0.5, 0.6) is 0 Å².